The van der Waals surface area contributed by atoms with Gasteiger partial charge in [-0.05, 0) is 30.3 Å². The van der Waals surface area contributed by atoms with Crippen LogP contribution in [0.3, 0.4) is 0 Å². The van der Waals surface area contributed by atoms with Gasteiger partial charge < -0.3 is 11.1 Å². The first-order valence-corrected chi connectivity index (χ1v) is 5.62. The summed E-state index contributed by atoms with van der Waals surface area (Å²) in [6.07, 6.45) is 0. The lowest BCUT2D eigenvalue weighted by atomic mass is 10.2. The van der Waals surface area contributed by atoms with Crippen LogP contribution in [0.2, 0.25) is 0 Å². The van der Waals surface area contributed by atoms with Crippen LogP contribution < -0.4 is 11.1 Å². The molecule has 0 aliphatic rings. The first kappa shape index (κ1) is 11.9. The third kappa shape index (κ3) is 2.74. The predicted molar refractivity (Wildman–Crippen MR) is 68.2 cm³/mol. The van der Waals surface area contributed by atoms with Gasteiger partial charge >= 0.3 is 0 Å². The summed E-state index contributed by atoms with van der Waals surface area (Å²) in [5, 5.41) is 2.75. The molecule has 17 heavy (non-hydrogen) atoms. The van der Waals surface area contributed by atoms with Crippen molar-refractivity contribution in [3.63, 3.8) is 0 Å². The summed E-state index contributed by atoms with van der Waals surface area (Å²) in [4.78, 5) is 0. The van der Waals surface area contributed by atoms with Gasteiger partial charge in [-0.3, -0.25) is 0 Å². The van der Waals surface area contributed by atoms with Crippen molar-refractivity contribution < 1.29 is 8.78 Å². The van der Waals surface area contributed by atoms with E-state index in [-0.39, 0.29) is 5.69 Å². The normalized spacial score (nSPS) is 10.3. The molecule has 0 unspecified atom stereocenters. The zero-order valence-electron chi connectivity index (χ0n) is 8.68. The molecule has 0 saturated heterocycles. The van der Waals surface area contributed by atoms with Gasteiger partial charge in [0, 0.05) is 10.5 Å². The molecule has 3 N–H and O–H groups in total. The van der Waals surface area contributed by atoms with E-state index >= 15 is 0 Å². The topological polar surface area (TPSA) is 38.0 Å². The zero-order chi connectivity index (χ0) is 12.4. The number of nitrogens with one attached hydrogen (secondary N) is 1. The Morgan fingerprint density at radius 3 is 2.47 bits per heavy atom. The van der Waals surface area contributed by atoms with Gasteiger partial charge in [0.25, 0.3) is 0 Å². The Balaban J connectivity index is 2.34. The molecule has 2 rings (SSSR count). The highest BCUT2D eigenvalue weighted by atomic mass is 79.9. The molecule has 0 saturated carbocycles. The maximum atomic E-state index is 13.4. The van der Waals surface area contributed by atoms with Crippen LogP contribution in [0, 0.1) is 11.6 Å². The molecule has 5 heteroatoms. The third-order valence-corrected chi connectivity index (χ3v) is 2.70. The fourth-order valence-corrected chi connectivity index (χ4v) is 1.76. The smallest absolute Gasteiger partial charge is 0.146 e. The standard InChI is InChI=1S/C12H9BrF2N2/c13-7-1-4-11(10(16)5-7)17-12-6-8(14)2-3-9(12)15/h1-6,17H,16H2. The summed E-state index contributed by atoms with van der Waals surface area (Å²) < 4.78 is 27.2. The lowest BCUT2D eigenvalue weighted by Crippen LogP contribution is -1.98. The van der Waals surface area contributed by atoms with Crippen molar-refractivity contribution in [2.75, 3.05) is 11.1 Å². The molecular formula is C12H9BrF2N2. The highest BCUT2D eigenvalue weighted by molar-refractivity contribution is 9.10. The molecule has 0 aromatic heterocycles. The van der Waals surface area contributed by atoms with Crippen LogP contribution in [0.15, 0.2) is 40.9 Å². The van der Waals surface area contributed by atoms with E-state index in [4.69, 9.17) is 5.73 Å². The van der Waals surface area contributed by atoms with E-state index in [1.807, 2.05) is 0 Å². The van der Waals surface area contributed by atoms with Gasteiger partial charge in [0.05, 0.1) is 17.1 Å². The number of halogens is 3. The molecular weight excluding hydrogens is 290 g/mol. The highest BCUT2D eigenvalue weighted by Gasteiger charge is 2.06. The largest absolute Gasteiger partial charge is 0.397 e. The van der Waals surface area contributed by atoms with Crippen LogP contribution in [0.1, 0.15) is 0 Å². The Labute approximate surface area is 106 Å². The Hall–Kier alpha value is -1.62. The van der Waals surface area contributed by atoms with Gasteiger partial charge in [-0.1, -0.05) is 15.9 Å². The van der Waals surface area contributed by atoms with Gasteiger partial charge in [-0.2, -0.15) is 0 Å². The van der Waals surface area contributed by atoms with Crippen molar-refractivity contribution in [1.29, 1.82) is 0 Å². The van der Waals surface area contributed by atoms with Crippen molar-refractivity contribution in [3.8, 4) is 0 Å². The summed E-state index contributed by atoms with van der Waals surface area (Å²) in [5.41, 5.74) is 6.78. The van der Waals surface area contributed by atoms with Gasteiger partial charge in [-0.15, -0.1) is 0 Å². The number of nitrogen functional groups attached to an aromatic ring is 1. The molecule has 0 spiro atoms. The zero-order valence-corrected chi connectivity index (χ0v) is 10.3. The van der Waals surface area contributed by atoms with Crippen molar-refractivity contribution in [1.82, 2.24) is 0 Å². The second kappa shape index (κ2) is 4.71. The van der Waals surface area contributed by atoms with Gasteiger partial charge in [0.1, 0.15) is 11.6 Å². The second-order valence-electron chi connectivity index (χ2n) is 3.48. The van der Waals surface area contributed by atoms with Crippen molar-refractivity contribution in [3.05, 3.63) is 52.5 Å². The first-order chi connectivity index (χ1) is 8.06. The average Bonchev–Trinajstić information content (AvgIpc) is 2.27. The fraction of sp³-hybridized carbons (Fsp3) is 0. The minimum absolute atomic E-state index is 0.0547. The molecule has 2 aromatic rings. The molecule has 0 radical (unpaired) electrons. The number of hydrogen-bond acceptors (Lipinski definition) is 2. The average molecular weight is 299 g/mol. The number of rotatable bonds is 2. The van der Waals surface area contributed by atoms with E-state index in [2.05, 4.69) is 21.2 Å². The molecule has 0 heterocycles. The van der Waals surface area contributed by atoms with Crippen LogP contribution in [0.5, 0.6) is 0 Å². The lowest BCUT2D eigenvalue weighted by molar-refractivity contribution is 0.603. The molecule has 2 aromatic carbocycles. The van der Waals surface area contributed by atoms with E-state index in [1.165, 1.54) is 0 Å². The van der Waals surface area contributed by atoms with Gasteiger partial charge in [0.15, 0.2) is 0 Å². The number of hydrogen-bond donors (Lipinski definition) is 2. The quantitative estimate of drug-likeness (QED) is 0.821. The molecule has 88 valence electrons. The first-order valence-electron chi connectivity index (χ1n) is 4.83. The molecule has 0 fully saturated rings. The second-order valence-corrected chi connectivity index (χ2v) is 4.40. The molecule has 0 aliphatic carbocycles. The van der Waals surface area contributed by atoms with Crippen LogP contribution in [0.4, 0.5) is 25.8 Å². The summed E-state index contributed by atoms with van der Waals surface area (Å²) in [5.74, 6) is -1.04. The molecule has 0 bridgehead atoms. The number of anilines is 3. The Morgan fingerprint density at radius 1 is 1.00 bits per heavy atom. The number of benzene rings is 2. The van der Waals surface area contributed by atoms with Crippen LogP contribution in [0.25, 0.3) is 0 Å². The van der Waals surface area contributed by atoms with E-state index in [1.54, 1.807) is 18.2 Å². The Morgan fingerprint density at radius 2 is 1.76 bits per heavy atom. The minimum Gasteiger partial charge on any atom is -0.397 e. The third-order valence-electron chi connectivity index (χ3n) is 2.21. The summed E-state index contributed by atoms with van der Waals surface area (Å²) in [6, 6.07) is 8.33. The molecule has 0 amide bonds. The van der Waals surface area contributed by atoms with Crippen LogP contribution >= 0.6 is 15.9 Å². The maximum Gasteiger partial charge on any atom is 0.146 e. The molecule has 0 aliphatic heterocycles. The number of nitrogens with two attached hydrogens (primary N) is 1. The van der Waals surface area contributed by atoms with Crippen LogP contribution in [-0.4, -0.2) is 0 Å². The summed E-state index contributed by atoms with van der Waals surface area (Å²) >= 11 is 3.27. The monoisotopic (exact) mass is 298 g/mol. The van der Waals surface area contributed by atoms with Gasteiger partial charge in [-0.25, -0.2) is 8.78 Å². The summed E-state index contributed by atoms with van der Waals surface area (Å²) in [6.45, 7) is 0. The van der Waals surface area contributed by atoms with Crippen LogP contribution in [-0.2, 0) is 0 Å². The fourth-order valence-electron chi connectivity index (χ4n) is 1.39. The van der Waals surface area contributed by atoms with E-state index < -0.39 is 11.6 Å². The van der Waals surface area contributed by atoms with Crippen molar-refractivity contribution >= 4 is 33.0 Å². The predicted octanol–water partition coefficient (Wildman–Crippen LogP) is 4.05. The lowest BCUT2D eigenvalue weighted by Gasteiger charge is -2.10. The summed E-state index contributed by atoms with van der Waals surface area (Å²) in [7, 11) is 0. The highest BCUT2D eigenvalue weighted by Crippen LogP contribution is 2.27. The minimum atomic E-state index is -0.534. The Bertz CT molecular complexity index is 558. The van der Waals surface area contributed by atoms with E-state index in [0.717, 1.165) is 22.7 Å². The SMILES string of the molecule is Nc1cc(Br)ccc1Nc1cc(F)ccc1F. The maximum absolute atomic E-state index is 13.4. The molecule has 0 atom stereocenters. The van der Waals surface area contributed by atoms with Crippen molar-refractivity contribution in [2.45, 2.75) is 0 Å². The van der Waals surface area contributed by atoms with E-state index in [0.29, 0.717) is 11.4 Å². The van der Waals surface area contributed by atoms with Gasteiger partial charge in [0.2, 0.25) is 0 Å². The molecule has 2 nitrogen and oxygen atoms in total. The van der Waals surface area contributed by atoms with E-state index in [9.17, 15) is 8.78 Å². The Kier molecular flexibility index (Phi) is 3.28. The van der Waals surface area contributed by atoms with Crippen molar-refractivity contribution in [2.24, 2.45) is 0 Å².